The van der Waals surface area contributed by atoms with Crippen LogP contribution < -0.4 is 10.2 Å². The van der Waals surface area contributed by atoms with Crippen molar-refractivity contribution in [2.45, 2.75) is 257 Å². The molecule has 0 rings (SSSR count). The van der Waals surface area contributed by atoms with Crippen LogP contribution in [0.1, 0.15) is 245 Å². The molecule has 0 fully saturated rings. The predicted octanol–water partition coefficient (Wildman–Crippen LogP) is 14.2. The second-order valence-corrected chi connectivity index (χ2v) is 20.3. The number of unbranched alkanes of at least 4 members (excludes halogenated alkanes) is 32. The summed E-state index contributed by atoms with van der Waals surface area (Å²) in [5.74, 6) is -0.204. The van der Waals surface area contributed by atoms with E-state index >= 15 is 0 Å². The lowest BCUT2D eigenvalue weighted by molar-refractivity contribution is -0.870. The van der Waals surface area contributed by atoms with E-state index < -0.39 is 20.0 Å². The first kappa shape index (κ1) is 59.0. The number of nitrogens with zero attached hydrogens (tertiary/aromatic N) is 1. The second kappa shape index (κ2) is 43.2. The molecule has 0 bridgehead atoms. The molecule has 2 N–H and O–H groups in total. The van der Waals surface area contributed by atoms with Gasteiger partial charge >= 0.3 is 0 Å². The van der Waals surface area contributed by atoms with Crippen LogP contribution in [0.5, 0.6) is 0 Å². The van der Waals surface area contributed by atoms with Gasteiger partial charge in [-0.15, -0.1) is 0 Å². The van der Waals surface area contributed by atoms with E-state index in [-0.39, 0.29) is 19.1 Å². The summed E-state index contributed by atoms with van der Waals surface area (Å²) >= 11 is 0. The van der Waals surface area contributed by atoms with Gasteiger partial charge < -0.3 is 28.8 Å². The molecule has 60 heavy (non-hydrogen) atoms. The molecule has 3 atom stereocenters. The number of hydrogen-bond acceptors (Lipinski definition) is 6. The van der Waals surface area contributed by atoms with Crippen LogP contribution in [0.3, 0.4) is 0 Å². The van der Waals surface area contributed by atoms with Crippen LogP contribution >= 0.6 is 7.82 Å². The highest BCUT2D eigenvalue weighted by atomic mass is 31.2. The molecule has 0 aromatic carbocycles. The molecule has 0 spiro atoms. The van der Waals surface area contributed by atoms with Crippen molar-refractivity contribution in [3.63, 3.8) is 0 Å². The van der Waals surface area contributed by atoms with Crippen LogP contribution in [0.4, 0.5) is 0 Å². The largest absolute Gasteiger partial charge is 0.756 e. The lowest BCUT2D eigenvalue weighted by Crippen LogP contribution is -2.45. The van der Waals surface area contributed by atoms with Crippen LogP contribution in [-0.4, -0.2) is 68.5 Å². The lowest BCUT2D eigenvalue weighted by Gasteiger charge is -2.29. The van der Waals surface area contributed by atoms with Crippen molar-refractivity contribution in [2.75, 3.05) is 40.9 Å². The Balaban J connectivity index is 4.25. The van der Waals surface area contributed by atoms with E-state index in [2.05, 4.69) is 31.3 Å². The highest BCUT2D eigenvalue weighted by molar-refractivity contribution is 7.45. The fourth-order valence-electron chi connectivity index (χ4n) is 7.56. The van der Waals surface area contributed by atoms with E-state index in [4.69, 9.17) is 9.05 Å². The molecule has 0 saturated carbocycles. The summed E-state index contributed by atoms with van der Waals surface area (Å²) in [5, 5.41) is 13.8. The number of carbonyl (C=O) groups is 1. The van der Waals surface area contributed by atoms with E-state index in [1.54, 1.807) is 6.08 Å². The van der Waals surface area contributed by atoms with Crippen molar-refractivity contribution in [1.82, 2.24) is 5.32 Å². The molecule has 0 aliphatic carbocycles. The minimum atomic E-state index is -4.59. The Kier molecular flexibility index (Phi) is 42.5. The minimum Gasteiger partial charge on any atom is -0.756 e. The Morgan fingerprint density at radius 1 is 0.567 bits per heavy atom. The number of hydrogen-bond donors (Lipinski definition) is 2. The number of likely N-dealkylation sites (N-methyl/N-ethyl adjacent to an activating group) is 1. The van der Waals surface area contributed by atoms with Crippen molar-refractivity contribution >= 4 is 13.7 Å². The van der Waals surface area contributed by atoms with Crippen molar-refractivity contribution in [1.29, 1.82) is 0 Å². The summed E-state index contributed by atoms with van der Waals surface area (Å²) in [7, 11) is 1.26. The number of rotatable bonds is 47. The third-order valence-corrected chi connectivity index (χ3v) is 12.6. The molecule has 0 radical (unpaired) electrons. The minimum absolute atomic E-state index is 0.00128. The van der Waals surface area contributed by atoms with Crippen LogP contribution in [0, 0.1) is 0 Å². The third-order valence-electron chi connectivity index (χ3n) is 11.7. The van der Waals surface area contributed by atoms with Gasteiger partial charge in [-0.2, -0.15) is 0 Å². The van der Waals surface area contributed by atoms with E-state index in [0.29, 0.717) is 17.4 Å². The van der Waals surface area contributed by atoms with Crippen molar-refractivity contribution in [3.05, 3.63) is 24.3 Å². The summed E-state index contributed by atoms with van der Waals surface area (Å²) in [4.78, 5) is 25.4. The Bertz CT molecular complexity index is 1030. The van der Waals surface area contributed by atoms with Gasteiger partial charge in [0.1, 0.15) is 13.2 Å². The van der Waals surface area contributed by atoms with E-state index in [0.717, 1.165) is 51.4 Å². The predicted molar refractivity (Wildman–Crippen MR) is 256 cm³/mol. The van der Waals surface area contributed by atoms with Gasteiger partial charge in [-0.25, -0.2) is 0 Å². The maximum Gasteiger partial charge on any atom is 0.268 e. The summed E-state index contributed by atoms with van der Waals surface area (Å²) < 4.78 is 23.3. The van der Waals surface area contributed by atoms with E-state index in [9.17, 15) is 19.4 Å². The van der Waals surface area contributed by atoms with Crippen LogP contribution in [0.2, 0.25) is 0 Å². The van der Waals surface area contributed by atoms with Crippen LogP contribution in [0.15, 0.2) is 24.3 Å². The molecule has 3 unspecified atom stereocenters. The summed E-state index contributed by atoms with van der Waals surface area (Å²) in [6, 6.07) is -0.888. The van der Waals surface area contributed by atoms with Gasteiger partial charge in [-0.1, -0.05) is 218 Å². The fraction of sp³-hybridized carbons (Fsp3) is 0.902. The molecule has 0 aliphatic rings. The SMILES string of the molecule is CCCCCCC/C=C\CCCCCCCC(=O)NC(COP(=O)([O-])OCC[N+](C)(C)C)C(O)/C=C/CCCCCCCCCCCCCCCCCCCCCCCC. The van der Waals surface area contributed by atoms with Crippen molar-refractivity contribution in [3.8, 4) is 0 Å². The maximum absolute atomic E-state index is 12.9. The Labute approximate surface area is 373 Å². The molecule has 1 amide bonds. The highest BCUT2D eigenvalue weighted by Gasteiger charge is 2.23. The Morgan fingerprint density at radius 3 is 1.30 bits per heavy atom. The summed E-state index contributed by atoms with van der Waals surface area (Å²) in [5.41, 5.74) is 0. The first-order chi connectivity index (χ1) is 29.0. The topological polar surface area (TPSA) is 108 Å². The number of quaternary nitrogens is 1. The van der Waals surface area contributed by atoms with Crippen molar-refractivity contribution in [2.24, 2.45) is 0 Å². The van der Waals surface area contributed by atoms with Gasteiger partial charge in [-0.05, 0) is 44.9 Å². The van der Waals surface area contributed by atoms with E-state index in [1.165, 1.54) is 173 Å². The molecular weight excluding hydrogens is 768 g/mol. The molecule has 0 aliphatic heterocycles. The number of carbonyl (C=O) groups excluding carboxylic acids is 1. The highest BCUT2D eigenvalue weighted by Crippen LogP contribution is 2.38. The van der Waals surface area contributed by atoms with Crippen LogP contribution in [0.25, 0.3) is 0 Å². The molecular formula is C51H101N2O6P. The number of nitrogens with one attached hydrogen (secondary N) is 1. The number of aliphatic hydroxyl groups excluding tert-OH is 1. The number of phosphoric ester groups is 1. The Morgan fingerprint density at radius 2 is 0.917 bits per heavy atom. The molecule has 0 saturated heterocycles. The zero-order chi connectivity index (χ0) is 44.3. The third kappa shape index (κ3) is 45.0. The van der Waals surface area contributed by atoms with Crippen molar-refractivity contribution < 1.29 is 32.9 Å². The number of allylic oxidation sites excluding steroid dienone is 3. The first-order valence-corrected chi connectivity index (χ1v) is 27.2. The van der Waals surface area contributed by atoms with Gasteiger partial charge in [0.2, 0.25) is 5.91 Å². The molecule has 356 valence electrons. The first-order valence-electron chi connectivity index (χ1n) is 25.7. The molecule has 9 heteroatoms. The smallest absolute Gasteiger partial charge is 0.268 e. The van der Waals surface area contributed by atoms with Gasteiger partial charge in [0.05, 0.1) is 39.9 Å². The summed E-state index contributed by atoms with van der Waals surface area (Å²) in [6.45, 7) is 4.65. The molecule has 0 heterocycles. The fourth-order valence-corrected chi connectivity index (χ4v) is 8.28. The number of aliphatic hydroxyl groups is 1. The normalized spacial score (nSPS) is 14.3. The van der Waals surface area contributed by atoms with Gasteiger partial charge in [0.15, 0.2) is 0 Å². The van der Waals surface area contributed by atoms with Gasteiger partial charge in [0.25, 0.3) is 7.82 Å². The zero-order valence-corrected chi connectivity index (χ0v) is 41.3. The molecule has 0 aromatic heterocycles. The van der Waals surface area contributed by atoms with E-state index in [1.807, 2.05) is 27.2 Å². The Hall–Kier alpha value is -1.02. The number of amides is 1. The zero-order valence-electron chi connectivity index (χ0n) is 40.4. The quantitative estimate of drug-likeness (QED) is 0.0273. The van der Waals surface area contributed by atoms with Gasteiger partial charge in [0, 0.05) is 6.42 Å². The average molecular weight is 869 g/mol. The van der Waals surface area contributed by atoms with Crippen LogP contribution in [-0.2, 0) is 18.4 Å². The summed E-state index contributed by atoms with van der Waals surface area (Å²) in [6.07, 6.45) is 52.4. The standard InChI is InChI=1S/C51H101N2O6P/c1-6-8-10-12-14-16-18-20-22-23-24-25-26-27-28-29-30-31-32-34-36-38-40-42-44-50(54)49(48-59-60(56,57)58-47-46-53(3,4)5)52-51(55)45-43-41-39-37-35-33-21-19-17-15-13-11-9-7-2/h19,21,42,44,49-50,54H,6-18,20,22-41,43,45-48H2,1-5H3,(H-,52,55,56,57)/b21-19-,44-42+. The average Bonchev–Trinajstić information content (AvgIpc) is 3.20. The van der Waals surface area contributed by atoms with Gasteiger partial charge in [-0.3, -0.25) is 9.36 Å². The second-order valence-electron chi connectivity index (χ2n) is 18.9. The maximum atomic E-state index is 12.9. The monoisotopic (exact) mass is 869 g/mol. The number of phosphoric acid groups is 1. The lowest BCUT2D eigenvalue weighted by atomic mass is 10.0. The molecule has 0 aromatic rings. The molecule has 8 nitrogen and oxygen atoms in total.